The van der Waals surface area contributed by atoms with Crippen molar-refractivity contribution in [1.29, 1.82) is 0 Å². The summed E-state index contributed by atoms with van der Waals surface area (Å²) in [6.45, 7) is -0.178. The summed E-state index contributed by atoms with van der Waals surface area (Å²) in [6, 6.07) is 4.92. The summed E-state index contributed by atoms with van der Waals surface area (Å²) in [5, 5.41) is 27.7. The van der Waals surface area contributed by atoms with E-state index < -0.39 is 12.2 Å². The van der Waals surface area contributed by atoms with Gasteiger partial charge in [0.15, 0.2) is 0 Å². The molecule has 0 spiro atoms. The molecule has 0 amide bonds. The summed E-state index contributed by atoms with van der Waals surface area (Å²) >= 11 is 0. The van der Waals surface area contributed by atoms with Gasteiger partial charge in [0.2, 0.25) is 5.88 Å². The molecular formula is C10H15NO4. The lowest BCUT2D eigenvalue weighted by Crippen LogP contribution is -2.20. The van der Waals surface area contributed by atoms with Crippen molar-refractivity contribution in [2.45, 2.75) is 18.6 Å². The molecule has 3 N–H and O–H groups in total. The zero-order valence-electron chi connectivity index (χ0n) is 8.50. The maximum absolute atomic E-state index is 9.66. The van der Waals surface area contributed by atoms with Gasteiger partial charge < -0.3 is 20.1 Å². The summed E-state index contributed by atoms with van der Waals surface area (Å²) in [6.07, 6.45) is -2.01. The Hall–Kier alpha value is -1.17. The number of methoxy groups -OCH3 is 1. The SMILES string of the molecule is COc1cccc(C(O)C(O)CCO)n1. The van der Waals surface area contributed by atoms with Crippen LogP contribution in [0.1, 0.15) is 18.2 Å². The molecule has 1 aromatic heterocycles. The molecule has 0 saturated heterocycles. The van der Waals surface area contributed by atoms with Gasteiger partial charge in [-0.15, -0.1) is 0 Å². The number of aliphatic hydroxyl groups excluding tert-OH is 3. The number of hydrogen-bond acceptors (Lipinski definition) is 5. The Labute approximate surface area is 88.0 Å². The van der Waals surface area contributed by atoms with Gasteiger partial charge in [-0.05, 0) is 12.5 Å². The average Bonchev–Trinajstić information content (AvgIpc) is 2.28. The highest BCUT2D eigenvalue weighted by molar-refractivity contribution is 5.17. The van der Waals surface area contributed by atoms with E-state index in [1.165, 1.54) is 7.11 Å². The number of rotatable bonds is 5. The van der Waals surface area contributed by atoms with Crippen LogP contribution in [-0.4, -0.2) is 40.1 Å². The van der Waals surface area contributed by atoms with Crippen LogP contribution in [0.25, 0.3) is 0 Å². The molecule has 0 saturated carbocycles. The van der Waals surface area contributed by atoms with E-state index in [0.29, 0.717) is 11.6 Å². The van der Waals surface area contributed by atoms with Gasteiger partial charge in [-0.1, -0.05) is 6.07 Å². The minimum atomic E-state index is -1.10. The van der Waals surface area contributed by atoms with Crippen LogP contribution in [0.2, 0.25) is 0 Å². The second-order valence-electron chi connectivity index (χ2n) is 3.13. The van der Waals surface area contributed by atoms with Gasteiger partial charge in [0.05, 0.1) is 18.9 Å². The van der Waals surface area contributed by atoms with Crippen LogP contribution >= 0.6 is 0 Å². The quantitative estimate of drug-likeness (QED) is 0.634. The van der Waals surface area contributed by atoms with Gasteiger partial charge in [0, 0.05) is 12.7 Å². The first kappa shape index (κ1) is 11.9. The van der Waals surface area contributed by atoms with E-state index in [1.54, 1.807) is 18.2 Å². The molecule has 84 valence electrons. The first-order valence-electron chi connectivity index (χ1n) is 4.67. The first-order chi connectivity index (χ1) is 7.19. The smallest absolute Gasteiger partial charge is 0.213 e. The van der Waals surface area contributed by atoms with Crippen LogP contribution < -0.4 is 4.74 Å². The van der Waals surface area contributed by atoms with Crippen LogP contribution in [0.3, 0.4) is 0 Å². The number of ether oxygens (including phenoxy) is 1. The lowest BCUT2D eigenvalue weighted by molar-refractivity contribution is 0.00169. The van der Waals surface area contributed by atoms with Crippen molar-refractivity contribution in [2.24, 2.45) is 0 Å². The monoisotopic (exact) mass is 213 g/mol. The van der Waals surface area contributed by atoms with Gasteiger partial charge in [-0.25, -0.2) is 4.98 Å². The summed E-state index contributed by atoms with van der Waals surface area (Å²) in [7, 11) is 1.47. The molecule has 0 aromatic carbocycles. The predicted octanol–water partition coefficient (Wildman–Crippen LogP) is -0.133. The van der Waals surface area contributed by atoms with Crippen molar-refractivity contribution >= 4 is 0 Å². The molecule has 0 bridgehead atoms. The van der Waals surface area contributed by atoms with Gasteiger partial charge in [0.25, 0.3) is 0 Å². The molecular weight excluding hydrogens is 198 g/mol. The van der Waals surface area contributed by atoms with E-state index in [9.17, 15) is 10.2 Å². The first-order valence-corrected chi connectivity index (χ1v) is 4.67. The summed E-state index contributed by atoms with van der Waals surface area (Å²) in [5.41, 5.74) is 0.329. The molecule has 0 aliphatic heterocycles. The van der Waals surface area contributed by atoms with Gasteiger partial charge in [-0.2, -0.15) is 0 Å². The molecule has 2 atom stereocenters. The fraction of sp³-hybridized carbons (Fsp3) is 0.500. The van der Waals surface area contributed by atoms with E-state index >= 15 is 0 Å². The summed E-state index contributed by atoms with van der Waals surface area (Å²) in [5.74, 6) is 0.378. The van der Waals surface area contributed by atoms with Crippen LogP contribution in [0.5, 0.6) is 5.88 Å². The molecule has 1 rings (SSSR count). The Bertz CT molecular complexity index is 305. The Morgan fingerprint density at radius 3 is 2.73 bits per heavy atom. The molecule has 0 radical (unpaired) electrons. The average molecular weight is 213 g/mol. The molecule has 0 aliphatic carbocycles. The van der Waals surface area contributed by atoms with Crippen LogP contribution in [-0.2, 0) is 0 Å². The van der Waals surface area contributed by atoms with Crippen molar-refractivity contribution in [1.82, 2.24) is 4.98 Å². The van der Waals surface area contributed by atoms with Crippen molar-refractivity contribution in [2.75, 3.05) is 13.7 Å². The molecule has 2 unspecified atom stereocenters. The maximum Gasteiger partial charge on any atom is 0.213 e. The van der Waals surface area contributed by atoms with E-state index in [0.717, 1.165) is 0 Å². The van der Waals surface area contributed by atoms with Gasteiger partial charge in [0.1, 0.15) is 6.10 Å². The Kier molecular flexibility index (Phi) is 4.48. The van der Waals surface area contributed by atoms with Crippen LogP contribution in [0.4, 0.5) is 0 Å². The summed E-state index contributed by atoms with van der Waals surface area (Å²) < 4.78 is 4.89. The number of aliphatic hydroxyl groups is 3. The van der Waals surface area contributed by atoms with Crippen LogP contribution in [0.15, 0.2) is 18.2 Å². The second-order valence-corrected chi connectivity index (χ2v) is 3.13. The Balaban J connectivity index is 2.76. The van der Waals surface area contributed by atoms with Crippen molar-refractivity contribution in [3.05, 3.63) is 23.9 Å². The van der Waals surface area contributed by atoms with E-state index in [-0.39, 0.29) is 13.0 Å². The topological polar surface area (TPSA) is 82.8 Å². The number of aromatic nitrogens is 1. The lowest BCUT2D eigenvalue weighted by Gasteiger charge is -2.16. The third-order valence-corrected chi connectivity index (χ3v) is 2.05. The number of pyridine rings is 1. The molecule has 5 nitrogen and oxygen atoms in total. The Morgan fingerprint density at radius 2 is 2.13 bits per heavy atom. The minimum absolute atomic E-state index is 0.111. The highest BCUT2D eigenvalue weighted by atomic mass is 16.5. The summed E-state index contributed by atoms with van der Waals surface area (Å²) in [4.78, 5) is 3.98. The fourth-order valence-electron chi connectivity index (χ4n) is 1.20. The molecule has 5 heteroatoms. The largest absolute Gasteiger partial charge is 0.481 e. The zero-order valence-corrected chi connectivity index (χ0v) is 8.50. The van der Waals surface area contributed by atoms with Gasteiger partial charge in [-0.3, -0.25) is 0 Å². The zero-order chi connectivity index (χ0) is 11.3. The minimum Gasteiger partial charge on any atom is -0.481 e. The van der Waals surface area contributed by atoms with Gasteiger partial charge >= 0.3 is 0 Å². The highest BCUT2D eigenvalue weighted by Crippen LogP contribution is 2.18. The Morgan fingerprint density at radius 1 is 1.40 bits per heavy atom. The number of nitrogens with zero attached hydrogens (tertiary/aromatic N) is 1. The third-order valence-electron chi connectivity index (χ3n) is 2.05. The van der Waals surface area contributed by atoms with Crippen molar-refractivity contribution in [3.63, 3.8) is 0 Å². The van der Waals surface area contributed by atoms with E-state index in [1.807, 2.05) is 0 Å². The molecule has 0 aliphatic rings. The highest BCUT2D eigenvalue weighted by Gasteiger charge is 2.19. The molecule has 0 fully saturated rings. The van der Waals surface area contributed by atoms with E-state index in [4.69, 9.17) is 9.84 Å². The van der Waals surface area contributed by atoms with Crippen LogP contribution in [0, 0.1) is 0 Å². The predicted molar refractivity (Wildman–Crippen MR) is 53.5 cm³/mol. The van der Waals surface area contributed by atoms with Crippen molar-refractivity contribution in [3.8, 4) is 5.88 Å². The second kappa shape index (κ2) is 5.65. The normalized spacial score (nSPS) is 14.7. The lowest BCUT2D eigenvalue weighted by atomic mass is 10.1. The number of hydrogen-bond donors (Lipinski definition) is 3. The molecule has 1 heterocycles. The van der Waals surface area contributed by atoms with Crippen molar-refractivity contribution < 1.29 is 20.1 Å². The standard InChI is InChI=1S/C10H15NO4/c1-15-9-4-2-3-7(11-9)10(14)8(13)5-6-12/h2-4,8,10,12-14H,5-6H2,1H3. The fourth-order valence-corrected chi connectivity index (χ4v) is 1.20. The maximum atomic E-state index is 9.66. The third kappa shape index (κ3) is 3.16. The molecule has 1 aromatic rings. The van der Waals surface area contributed by atoms with E-state index in [2.05, 4.69) is 4.98 Å². The molecule has 15 heavy (non-hydrogen) atoms.